The molecule has 1 fully saturated rings. The molecule has 1 aliphatic rings. The lowest BCUT2D eigenvalue weighted by molar-refractivity contribution is 0.0561. The highest BCUT2D eigenvalue weighted by Gasteiger charge is 2.32. The molecule has 4 rings (SSSR count). The third-order valence-electron chi connectivity index (χ3n) is 5.31. The van der Waals surface area contributed by atoms with Crippen LogP contribution in [-0.2, 0) is 17.8 Å². The number of pyridine rings is 1. The van der Waals surface area contributed by atoms with Gasteiger partial charge in [-0.05, 0) is 30.9 Å². The summed E-state index contributed by atoms with van der Waals surface area (Å²) in [5, 5.41) is 4.09. The molecule has 0 spiro atoms. The quantitative estimate of drug-likeness (QED) is 0.512. The van der Waals surface area contributed by atoms with Gasteiger partial charge in [0.15, 0.2) is 5.82 Å². The lowest BCUT2D eigenvalue weighted by Crippen LogP contribution is -2.38. The topological polar surface area (TPSA) is 90.6 Å². The fourth-order valence-corrected chi connectivity index (χ4v) is 3.66. The molecule has 1 aliphatic heterocycles. The summed E-state index contributed by atoms with van der Waals surface area (Å²) in [6.07, 6.45) is 4.84. The Hall–Kier alpha value is -3.26. The highest BCUT2D eigenvalue weighted by molar-refractivity contribution is 5.94. The molecule has 162 valence electrons. The minimum absolute atomic E-state index is 0.0919. The summed E-state index contributed by atoms with van der Waals surface area (Å²) in [7, 11) is 1.55. The van der Waals surface area contributed by atoms with Crippen molar-refractivity contribution in [1.29, 1.82) is 0 Å². The van der Waals surface area contributed by atoms with E-state index < -0.39 is 0 Å². The van der Waals surface area contributed by atoms with E-state index in [9.17, 15) is 4.79 Å². The Bertz CT molecular complexity index is 975. The van der Waals surface area contributed by atoms with E-state index in [2.05, 4.69) is 15.1 Å². The van der Waals surface area contributed by atoms with Gasteiger partial charge in [-0.15, -0.1) is 0 Å². The zero-order chi connectivity index (χ0) is 21.5. The smallest absolute Gasteiger partial charge is 0.256 e. The maximum atomic E-state index is 13.1. The lowest BCUT2D eigenvalue weighted by atomic mass is 10.0. The number of ether oxygens (including phenoxy) is 2. The highest BCUT2D eigenvalue weighted by Crippen LogP contribution is 2.31. The number of piperidine rings is 1. The number of likely N-dealkylation sites (tertiary alicyclic amines) is 1. The van der Waals surface area contributed by atoms with Crippen LogP contribution >= 0.6 is 0 Å². The molecule has 8 nitrogen and oxygen atoms in total. The normalized spacial score (nSPS) is 16.3. The molecule has 0 bridgehead atoms. The molecule has 1 atom stereocenters. The molecule has 1 unspecified atom stereocenters. The van der Waals surface area contributed by atoms with Gasteiger partial charge in [0.25, 0.3) is 5.91 Å². The van der Waals surface area contributed by atoms with E-state index in [1.165, 1.54) is 6.20 Å². The third kappa shape index (κ3) is 5.27. The summed E-state index contributed by atoms with van der Waals surface area (Å²) in [6.45, 7) is 1.69. The van der Waals surface area contributed by atoms with Gasteiger partial charge >= 0.3 is 0 Å². The largest absolute Gasteiger partial charge is 0.481 e. The van der Waals surface area contributed by atoms with Crippen molar-refractivity contribution in [3.05, 3.63) is 71.5 Å². The first-order chi connectivity index (χ1) is 15.2. The number of aromatic nitrogens is 3. The molecule has 1 saturated heterocycles. The van der Waals surface area contributed by atoms with E-state index in [0.717, 1.165) is 24.8 Å². The number of rotatable bonds is 8. The Balaban J connectivity index is 1.36. The summed E-state index contributed by atoms with van der Waals surface area (Å²) < 4.78 is 16.3. The van der Waals surface area contributed by atoms with Crippen LogP contribution in [0.4, 0.5) is 0 Å². The molecule has 2 aromatic heterocycles. The predicted octanol–water partition coefficient (Wildman–Crippen LogP) is 3.60. The van der Waals surface area contributed by atoms with Crippen LogP contribution in [0, 0.1) is 0 Å². The second kappa shape index (κ2) is 10.2. The average molecular weight is 422 g/mol. The van der Waals surface area contributed by atoms with Gasteiger partial charge in [0.2, 0.25) is 11.8 Å². The van der Waals surface area contributed by atoms with Gasteiger partial charge in [0, 0.05) is 25.2 Å². The fourth-order valence-electron chi connectivity index (χ4n) is 3.66. The van der Waals surface area contributed by atoms with Crippen molar-refractivity contribution < 1.29 is 18.8 Å². The standard InChI is InChI=1S/C23H26N4O4/c1-29-21-11-10-18(15-24-21)23(28)27-13-6-5-9-19(27)22-25-20(26-31-22)12-14-30-16-17-7-3-2-4-8-17/h2-4,7-8,10-11,15,19H,5-6,9,12-14,16H2,1H3. The maximum absolute atomic E-state index is 13.1. The van der Waals surface area contributed by atoms with Crippen molar-refractivity contribution in [2.75, 3.05) is 20.3 Å². The van der Waals surface area contributed by atoms with E-state index in [1.807, 2.05) is 30.3 Å². The number of carbonyl (C=O) groups excluding carboxylic acids is 1. The molecule has 3 aromatic rings. The van der Waals surface area contributed by atoms with E-state index in [0.29, 0.717) is 49.3 Å². The zero-order valence-electron chi connectivity index (χ0n) is 17.6. The molecular weight excluding hydrogens is 396 g/mol. The van der Waals surface area contributed by atoms with E-state index in [-0.39, 0.29) is 11.9 Å². The van der Waals surface area contributed by atoms with Crippen LogP contribution < -0.4 is 4.74 Å². The molecule has 0 saturated carbocycles. The first kappa shape index (κ1) is 21.0. The SMILES string of the molecule is COc1ccc(C(=O)N2CCCCC2c2nc(CCOCc3ccccc3)no2)cn1. The Morgan fingerprint density at radius 3 is 2.84 bits per heavy atom. The van der Waals surface area contributed by atoms with Crippen molar-refractivity contribution in [2.24, 2.45) is 0 Å². The van der Waals surface area contributed by atoms with Gasteiger partial charge in [-0.25, -0.2) is 4.98 Å². The summed E-state index contributed by atoms with van der Waals surface area (Å²) >= 11 is 0. The second-order valence-corrected chi connectivity index (χ2v) is 7.44. The number of hydrogen-bond donors (Lipinski definition) is 0. The fraction of sp³-hybridized carbons (Fsp3) is 0.391. The van der Waals surface area contributed by atoms with Crippen molar-refractivity contribution in [3.63, 3.8) is 0 Å². The number of hydrogen-bond acceptors (Lipinski definition) is 7. The first-order valence-electron chi connectivity index (χ1n) is 10.5. The van der Waals surface area contributed by atoms with Gasteiger partial charge in [-0.2, -0.15) is 4.98 Å². The number of amides is 1. The second-order valence-electron chi connectivity index (χ2n) is 7.44. The van der Waals surface area contributed by atoms with Crippen LogP contribution in [0.3, 0.4) is 0 Å². The van der Waals surface area contributed by atoms with Crippen LogP contribution in [-0.4, -0.2) is 46.2 Å². The summed E-state index contributed by atoms with van der Waals surface area (Å²) in [5.74, 6) is 1.45. The third-order valence-corrected chi connectivity index (χ3v) is 5.31. The number of carbonyl (C=O) groups is 1. The molecule has 31 heavy (non-hydrogen) atoms. The van der Waals surface area contributed by atoms with Gasteiger partial charge in [-0.1, -0.05) is 35.5 Å². The molecule has 1 aromatic carbocycles. The first-order valence-corrected chi connectivity index (χ1v) is 10.5. The van der Waals surface area contributed by atoms with Crippen LogP contribution in [0.15, 0.2) is 53.2 Å². The van der Waals surface area contributed by atoms with Gasteiger partial charge in [0.1, 0.15) is 6.04 Å². The van der Waals surface area contributed by atoms with Gasteiger partial charge in [0.05, 0.1) is 25.9 Å². The van der Waals surface area contributed by atoms with Gasteiger partial charge < -0.3 is 18.9 Å². The molecule has 0 radical (unpaired) electrons. The minimum Gasteiger partial charge on any atom is -0.481 e. The van der Waals surface area contributed by atoms with Crippen LogP contribution in [0.5, 0.6) is 5.88 Å². The number of nitrogens with zero attached hydrogens (tertiary/aromatic N) is 4. The molecule has 1 amide bonds. The molecule has 0 N–H and O–H groups in total. The van der Waals surface area contributed by atoms with Crippen molar-refractivity contribution in [1.82, 2.24) is 20.0 Å². The Kier molecular flexibility index (Phi) is 6.89. The van der Waals surface area contributed by atoms with Crippen molar-refractivity contribution >= 4 is 5.91 Å². The summed E-state index contributed by atoms with van der Waals surface area (Å²) in [5.41, 5.74) is 1.64. The summed E-state index contributed by atoms with van der Waals surface area (Å²) in [4.78, 5) is 23.6. The van der Waals surface area contributed by atoms with E-state index in [4.69, 9.17) is 14.0 Å². The molecule has 8 heteroatoms. The number of benzene rings is 1. The maximum Gasteiger partial charge on any atom is 0.256 e. The monoisotopic (exact) mass is 422 g/mol. The Morgan fingerprint density at radius 2 is 2.06 bits per heavy atom. The lowest BCUT2D eigenvalue weighted by Gasteiger charge is -2.33. The predicted molar refractivity (Wildman–Crippen MR) is 113 cm³/mol. The molecular formula is C23H26N4O4. The number of methoxy groups -OCH3 is 1. The van der Waals surface area contributed by atoms with Crippen LogP contribution in [0.25, 0.3) is 0 Å². The van der Waals surface area contributed by atoms with Gasteiger partial charge in [-0.3, -0.25) is 4.79 Å². The summed E-state index contributed by atoms with van der Waals surface area (Å²) in [6, 6.07) is 13.2. The molecule has 0 aliphatic carbocycles. The van der Waals surface area contributed by atoms with Crippen molar-refractivity contribution in [3.8, 4) is 5.88 Å². The minimum atomic E-state index is -0.227. The zero-order valence-corrected chi connectivity index (χ0v) is 17.6. The van der Waals surface area contributed by atoms with Crippen molar-refractivity contribution in [2.45, 2.75) is 38.3 Å². The Morgan fingerprint density at radius 1 is 1.19 bits per heavy atom. The highest BCUT2D eigenvalue weighted by atomic mass is 16.5. The van der Waals surface area contributed by atoms with Crippen LogP contribution in [0.2, 0.25) is 0 Å². The Labute approximate surface area is 181 Å². The molecule has 3 heterocycles. The average Bonchev–Trinajstić information content (AvgIpc) is 3.31. The van der Waals surface area contributed by atoms with E-state index in [1.54, 1.807) is 24.1 Å². The van der Waals surface area contributed by atoms with Crippen LogP contribution in [0.1, 0.15) is 52.9 Å². The van der Waals surface area contributed by atoms with E-state index >= 15 is 0 Å².